The molecule has 0 radical (unpaired) electrons. The Labute approximate surface area is 165 Å². The fourth-order valence-corrected chi connectivity index (χ4v) is 3.89. The maximum Gasteiger partial charge on any atom is 0.290 e. The molecule has 0 unspecified atom stereocenters. The maximum atomic E-state index is 13.1. The van der Waals surface area contributed by atoms with E-state index in [4.69, 9.17) is 9.15 Å². The first-order chi connectivity index (χ1) is 13.7. The third kappa shape index (κ3) is 3.76. The number of rotatable bonds is 5. The summed E-state index contributed by atoms with van der Waals surface area (Å²) in [4.78, 5) is 16.5. The highest BCUT2D eigenvalue weighted by atomic mass is 16.5. The molecule has 1 amide bonds. The minimum absolute atomic E-state index is 0.00887. The van der Waals surface area contributed by atoms with Gasteiger partial charge < -0.3 is 19.0 Å². The van der Waals surface area contributed by atoms with E-state index in [0.29, 0.717) is 12.4 Å². The highest BCUT2D eigenvalue weighted by Gasteiger charge is 2.28. The lowest BCUT2D eigenvalue weighted by atomic mass is 10.1. The van der Waals surface area contributed by atoms with Crippen molar-refractivity contribution >= 4 is 16.9 Å². The molecule has 0 saturated carbocycles. The van der Waals surface area contributed by atoms with E-state index in [1.54, 1.807) is 0 Å². The lowest BCUT2D eigenvalue weighted by molar-refractivity contribution is -0.917. The summed E-state index contributed by atoms with van der Waals surface area (Å²) in [5.74, 6) is 1.25. The number of carbonyl (C=O) groups excluding carboxylic acids is 1. The predicted octanol–water partition coefficient (Wildman–Crippen LogP) is 2.68. The molecule has 2 aromatic carbocycles. The second-order valence-corrected chi connectivity index (χ2v) is 7.35. The quantitative estimate of drug-likeness (QED) is 0.741. The Morgan fingerprint density at radius 3 is 2.61 bits per heavy atom. The van der Waals surface area contributed by atoms with E-state index in [1.165, 1.54) is 10.5 Å². The van der Waals surface area contributed by atoms with Crippen LogP contribution in [0.3, 0.4) is 0 Å². The van der Waals surface area contributed by atoms with Gasteiger partial charge in [0.25, 0.3) is 5.91 Å². The average molecular weight is 379 g/mol. The zero-order chi connectivity index (χ0) is 19.5. The zero-order valence-electron chi connectivity index (χ0n) is 16.5. The van der Waals surface area contributed by atoms with Crippen molar-refractivity contribution in [2.45, 2.75) is 20.4 Å². The van der Waals surface area contributed by atoms with Gasteiger partial charge in [0, 0.05) is 16.5 Å². The molecular weight excluding hydrogens is 352 g/mol. The SMILES string of the molecule is CCOc1ccc2oc(C(=O)N3CC[NH+](Cc4ccccc4)CC3)c(C)c2c1. The Bertz CT molecular complexity index is 957. The van der Waals surface area contributed by atoms with Crippen molar-refractivity contribution in [2.75, 3.05) is 32.8 Å². The van der Waals surface area contributed by atoms with Crippen LogP contribution in [0.2, 0.25) is 0 Å². The average Bonchev–Trinajstić information content (AvgIpc) is 3.05. The van der Waals surface area contributed by atoms with Gasteiger partial charge in [-0.15, -0.1) is 0 Å². The fourth-order valence-electron chi connectivity index (χ4n) is 3.89. The Morgan fingerprint density at radius 2 is 1.89 bits per heavy atom. The second kappa shape index (κ2) is 8.07. The third-order valence-corrected chi connectivity index (χ3v) is 5.47. The number of furan rings is 1. The number of nitrogens with zero attached hydrogens (tertiary/aromatic N) is 1. The molecule has 1 aromatic heterocycles. The van der Waals surface area contributed by atoms with Crippen molar-refractivity contribution < 1.29 is 18.8 Å². The van der Waals surface area contributed by atoms with Gasteiger partial charge >= 0.3 is 0 Å². The van der Waals surface area contributed by atoms with Crippen LogP contribution in [0.25, 0.3) is 11.0 Å². The zero-order valence-corrected chi connectivity index (χ0v) is 16.5. The molecule has 1 N–H and O–H groups in total. The van der Waals surface area contributed by atoms with Crippen molar-refractivity contribution in [3.05, 3.63) is 65.4 Å². The lowest BCUT2D eigenvalue weighted by Gasteiger charge is -2.31. The van der Waals surface area contributed by atoms with Gasteiger partial charge in [0.05, 0.1) is 32.8 Å². The molecule has 0 spiro atoms. The summed E-state index contributed by atoms with van der Waals surface area (Å²) in [5, 5.41) is 0.947. The van der Waals surface area contributed by atoms with Crippen molar-refractivity contribution in [1.29, 1.82) is 0 Å². The molecule has 5 heteroatoms. The molecule has 2 heterocycles. The van der Waals surface area contributed by atoms with Crippen LogP contribution in [-0.2, 0) is 6.54 Å². The molecule has 3 aromatic rings. The summed E-state index contributed by atoms with van der Waals surface area (Å²) in [6.45, 7) is 8.94. The number of piperazine rings is 1. The molecule has 0 bridgehead atoms. The lowest BCUT2D eigenvalue weighted by Crippen LogP contribution is -3.13. The minimum Gasteiger partial charge on any atom is -0.494 e. The molecule has 146 valence electrons. The maximum absolute atomic E-state index is 13.1. The Hall–Kier alpha value is -2.79. The van der Waals surface area contributed by atoms with Gasteiger partial charge in [0.15, 0.2) is 5.76 Å². The van der Waals surface area contributed by atoms with E-state index in [2.05, 4.69) is 24.3 Å². The number of amides is 1. The van der Waals surface area contributed by atoms with E-state index in [9.17, 15) is 4.79 Å². The molecule has 1 saturated heterocycles. The van der Waals surface area contributed by atoms with Gasteiger partial charge in [-0.05, 0) is 32.0 Å². The normalized spacial score (nSPS) is 15.1. The molecule has 1 fully saturated rings. The van der Waals surface area contributed by atoms with Gasteiger partial charge in [0.1, 0.15) is 17.9 Å². The number of ether oxygens (including phenoxy) is 1. The number of nitrogens with one attached hydrogen (secondary N) is 1. The van der Waals surface area contributed by atoms with Crippen molar-refractivity contribution in [3.63, 3.8) is 0 Å². The van der Waals surface area contributed by atoms with E-state index in [0.717, 1.165) is 55.0 Å². The number of hydrogen-bond acceptors (Lipinski definition) is 3. The molecule has 0 atom stereocenters. The van der Waals surface area contributed by atoms with Crippen LogP contribution in [0.1, 0.15) is 28.6 Å². The molecule has 28 heavy (non-hydrogen) atoms. The van der Waals surface area contributed by atoms with Crippen LogP contribution in [0.5, 0.6) is 5.75 Å². The van der Waals surface area contributed by atoms with Gasteiger partial charge in [0.2, 0.25) is 0 Å². The summed E-state index contributed by atoms with van der Waals surface area (Å²) < 4.78 is 11.5. The van der Waals surface area contributed by atoms with Crippen LogP contribution in [-0.4, -0.2) is 43.6 Å². The topological polar surface area (TPSA) is 47.1 Å². The van der Waals surface area contributed by atoms with Crippen molar-refractivity contribution in [2.24, 2.45) is 0 Å². The van der Waals surface area contributed by atoms with Gasteiger partial charge in [-0.1, -0.05) is 30.3 Å². The molecule has 4 rings (SSSR count). The number of aryl methyl sites for hydroxylation is 1. The summed E-state index contributed by atoms with van der Waals surface area (Å²) in [6, 6.07) is 16.3. The fraction of sp³-hybridized carbons (Fsp3) is 0.348. The Morgan fingerprint density at radius 1 is 1.14 bits per heavy atom. The molecule has 1 aliphatic heterocycles. The number of quaternary nitrogens is 1. The van der Waals surface area contributed by atoms with Gasteiger partial charge in [-0.25, -0.2) is 0 Å². The summed E-state index contributed by atoms with van der Waals surface area (Å²) in [6.07, 6.45) is 0. The minimum atomic E-state index is -0.00887. The van der Waals surface area contributed by atoms with Gasteiger partial charge in [-0.2, -0.15) is 0 Å². The van der Waals surface area contributed by atoms with Crippen LogP contribution >= 0.6 is 0 Å². The van der Waals surface area contributed by atoms with Crippen molar-refractivity contribution in [3.8, 4) is 5.75 Å². The Kier molecular flexibility index (Phi) is 5.35. The number of hydrogen-bond donors (Lipinski definition) is 1. The van der Waals surface area contributed by atoms with Gasteiger partial charge in [-0.3, -0.25) is 4.79 Å². The molecule has 1 aliphatic rings. The van der Waals surface area contributed by atoms with E-state index < -0.39 is 0 Å². The monoisotopic (exact) mass is 379 g/mol. The highest BCUT2D eigenvalue weighted by molar-refractivity contribution is 5.99. The number of carbonyl (C=O) groups is 1. The standard InChI is InChI=1S/C23H26N2O3/c1-3-27-19-9-10-21-20(15-19)17(2)22(28-21)23(26)25-13-11-24(12-14-25)16-18-7-5-4-6-8-18/h4-10,15H,3,11-14,16H2,1-2H3/p+1. The van der Waals surface area contributed by atoms with E-state index in [1.807, 2.05) is 43.0 Å². The second-order valence-electron chi connectivity index (χ2n) is 7.35. The van der Waals surface area contributed by atoms with E-state index in [-0.39, 0.29) is 5.91 Å². The third-order valence-electron chi connectivity index (χ3n) is 5.47. The molecular formula is C23H27N2O3+. The first-order valence-electron chi connectivity index (χ1n) is 9.98. The largest absolute Gasteiger partial charge is 0.494 e. The van der Waals surface area contributed by atoms with Crippen LogP contribution in [0.15, 0.2) is 52.9 Å². The van der Waals surface area contributed by atoms with E-state index >= 15 is 0 Å². The van der Waals surface area contributed by atoms with Crippen molar-refractivity contribution in [1.82, 2.24) is 4.90 Å². The van der Waals surface area contributed by atoms with Crippen LogP contribution in [0.4, 0.5) is 0 Å². The van der Waals surface area contributed by atoms with Crippen LogP contribution in [0, 0.1) is 6.92 Å². The first kappa shape index (κ1) is 18.6. The number of benzene rings is 2. The smallest absolute Gasteiger partial charge is 0.290 e. The summed E-state index contributed by atoms with van der Waals surface area (Å²) in [5.41, 5.74) is 2.97. The summed E-state index contributed by atoms with van der Waals surface area (Å²) in [7, 11) is 0. The number of fused-ring (bicyclic) bond motifs is 1. The molecule has 5 nitrogen and oxygen atoms in total. The van der Waals surface area contributed by atoms with Crippen LogP contribution < -0.4 is 9.64 Å². The summed E-state index contributed by atoms with van der Waals surface area (Å²) >= 11 is 0. The molecule has 0 aliphatic carbocycles. The Balaban J connectivity index is 1.44. The predicted molar refractivity (Wildman–Crippen MR) is 109 cm³/mol. The first-order valence-corrected chi connectivity index (χ1v) is 9.98. The highest BCUT2D eigenvalue weighted by Crippen LogP contribution is 2.29.